The highest BCUT2D eigenvalue weighted by molar-refractivity contribution is 6.20. The summed E-state index contributed by atoms with van der Waals surface area (Å²) in [5.41, 5.74) is 0. The summed E-state index contributed by atoms with van der Waals surface area (Å²) in [6, 6.07) is 0.00647. The van der Waals surface area contributed by atoms with Gasteiger partial charge in [0.25, 0.3) is 0 Å². The first-order chi connectivity index (χ1) is 7.87. The molecule has 0 aromatic heterocycles. The Morgan fingerprint density at radius 2 is 1.88 bits per heavy atom. The summed E-state index contributed by atoms with van der Waals surface area (Å²) in [4.78, 5) is 11.2. The lowest BCUT2D eigenvalue weighted by Gasteiger charge is -2.25. The smallest absolute Gasteiger partial charge is 0.362 e. The summed E-state index contributed by atoms with van der Waals surface area (Å²) < 4.78 is 39.5. The molecular formula is C10H15ClF3NO2. The molecule has 1 saturated carbocycles. The molecule has 7 heteroatoms. The molecule has 17 heavy (non-hydrogen) atoms. The van der Waals surface area contributed by atoms with Crippen LogP contribution in [-0.2, 0) is 9.53 Å². The van der Waals surface area contributed by atoms with E-state index in [0.29, 0.717) is 0 Å². The van der Waals surface area contributed by atoms with Crippen LogP contribution in [0.25, 0.3) is 0 Å². The second-order valence-corrected chi connectivity index (χ2v) is 4.74. The molecule has 1 rings (SSSR count). The molecule has 0 spiro atoms. The number of carbonyl (C=O) groups is 1. The number of halogens is 4. The van der Waals surface area contributed by atoms with Crippen molar-refractivity contribution in [2.75, 3.05) is 13.2 Å². The van der Waals surface area contributed by atoms with Crippen molar-refractivity contribution in [3.8, 4) is 0 Å². The fourth-order valence-corrected chi connectivity index (χ4v) is 1.98. The van der Waals surface area contributed by atoms with Gasteiger partial charge in [-0.15, -0.1) is 11.6 Å². The van der Waals surface area contributed by atoms with E-state index >= 15 is 0 Å². The van der Waals surface area contributed by atoms with E-state index in [1.54, 1.807) is 0 Å². The standard InChI is InChI=1S/C10H15ClF3NO2/c11-7-1-3-8(4-2-7)15-9(16)5-17-6-10(12,13)14/h7-8H,1-6H2,(H,15,16). The van der Waals surface area contributed by atoms with Crippen LogP contribution in [0.5, 0.6) is 0 Å². The fraction of sp³-hybridized carbons (Fsp3) is 0.900. The third-order valence-corrected chi connectivity index (χ3v) is 2.96. The lowest BCUT2D eigenvalue weighted by molar-refractivity contribution is -0.175. The molecule has 1 N–H and O–H groups in total. The first kappa shape index (κ1) is 14.6. The van der Waals surface area contributed by atoms with Crippen molar-refractivity contribution in [2.24, 2.45) is 0 Å². The first-order valence-electron chi connectivity index (χ1n) is 5.45. The van der Waals surface area contributed by atoms with Crippen LogP contribution in [0.2, 0.25) is 0 Å². The second-order valence-electron chi connectivity index (χ2n) is 4.12. The zero-order valence-electron chi connectivity index (χ0n) is 9.23. The van der Waals surface area contributed by atoms with Gasteiger partial charge in [0.15, 0.2) is 0 Å². The number of ether oxygens (including phenoxy) is 1. The molecule has 0 radical (unpaired) electrons. The molecule has 0 heterocycles. The van der Waals surface area contributed by atoms with Crippen LogP contribution in [0.15, 0.2) is 0 Å². The number of carbonyl (C=O) groups excluding carboxylic acids is 1. The molecule has 1 aliphatic carbocycles. The van der Waals surface area contributed by atoms with Crippen molar-refractivity contribution < 1.29 is 22.7 Å². The molecule has 1 amide bonds. The van der Waals surface area contributed by atoms with Gasteiger partial charge < -0.3 is 10.1 Å². The fourth-order valence-electron chi connectivity index (χ4n) is 1.73. The van der Waals surface area contributed by atoms with Gasteiger partial charge in [0.05, 0.1) is 0 Å². The van der Waals surface area contributed by atoms with E-state index in [1.807, 2.05) is 0 Å². The summed E-state index contributed by atoms with van der Waals surface area (Å²) in [7, 11) is 0. The Hall–Kier alpha value is -0.490. The van der Waals surface area contributed by atoms with Crippen LogP contribution in [-0.4, -0.2) is 36.7 Å². The summed E-state index contributed by atoms with van der Waals surface area (Å²) in [6.07, 6.45) is -1.23. The van der Waals surface area contributed by atoms with E-state index in [9.17, 15) is 18.0 Å². The molecule has 0 aliphatic heterocycles. The average Bonchev–Trinajstić information content (AvgIpc) is 2.19. The van der Waals surface area contributed by atoms with Crippen molar-refractivity contribution in [2.45, 2.75) is 43.3 Å². The van der Waals surface area contributed by atoms with Crippen LogP contribution in [0.3, 0.4) is 0 Å². The minimum absolute atomic E-state index is 0.00647. The van der Waals surface area contributed by atoms with Gasteiger partial charge in [0.2, 0.25) is 5.91 Å². The van der Waals surface area contributed by atoms with Crippen molar-refractivity contribution in [3.05, 3.63) is 0 Å². The maximum absolute atomic E-state index is 11.7. The predicted molar refractivity (Wildman–Crippen MR) is 56.9 cm³/mol. The number of rotatable bonds is 4. The highest BCUT2D eigenvalue weighted by Crippen LogP contribution is 2.22. The first-order valence-corrected chi connectivity index (χ1v) is 5.88. The lowest BCUT2D eigenvalue weighted by Crippen LogP contribution is -2.40. The van der Waals surface area contributed by atoms with Crippen LogP contribution in [0, 0.1) is 0 Å². The summed E-state index contributed by atoms with van der Waals surface area (Å²) in [6.45, 7) is -1.95. The van der Waals surface area contributed by atoms with E-state index in [4.69, 9.17) is 11.6 Å². The average molecular weight is 274 g/mol. The van der Waals surface area contributed by atoms with Crippen molar-refractivity contribution in [1.29, 1.82) is 0 Å². The van der Waals surface area contributed by atoms with E-state index in [0.717, 1.165) is 25.7 Å². The van der Waals surface area contributed by atoms with Crippen molar-refractivity contribution in [3.63, 3.8) is 0 Å². The molecule has 1 aliphatic rings. The van der Waals surface area contributed by atoms with Gasteiger partial charge in [-0.25, -0.2) is 0 Å². The minimum Gasteiger partial charge on any atom is -0.362 e. The highest BCUT2D eigenvalue weighted by Gasteiger charge is 2.28. The molecule has 0 aromatic carbocycles. The maximum Gasteiger partial charge on any atom is 0.411 e. The third kappa shape index (κ3) is 6.73. The largest absolute Gasteiger partial charge is 0.411 e. The maximum atomic E-state index is 11.7. The molecule has 100 valence electrons. The lowest BCUT2D eigenvalue weighted by atomic mass is 9.95. The van der Waals surface area contributed by atoms with E-state index in [1.165, 1.54) is 0 Å². The Kier molecular flexibility index (Phi) is 5.52. The van der Waals surface area contributed by atoms with Crippen LogP contribution in [0.1, 0.15) is 25.7 Å². The summed E-state index contributed by atoms with van der Waals surface area (Å²) in [5, 5.41) is 2.78. The number of hydrogen-bond acceptors (Lipinski definition) is 2. The van der Waals surface area contributed by atoms with Gasteiger partial charge in [0, 0.05) is 11.4 Å². The third-order valence-electron chi connectivity index (χ3n) is 2.52. The van der Waals surface area contributed by atoms with E-state index < -0.39 is 25.3 Å². The Labute approximate surface area is 103 Å². The molecule has 1 fully saturated rings. The van der Waals surface area contributed by atoms with Gasteiger partial charge in [-0.3, -0.25) is 4.79 Å². The summed E-state index contributed by atoms with van der Waals surface area (Å²) in [5.74, 6) is -0.507. The zero-order valence-corrected chi connectivity index (χ0v) is 9.98. The van der Waals surface area contributed by atoms with Crippen molar-refractivity contribution >= 4 is 17.5 Å². The second kappa shape index (κ2) is 6.44. The molecule has 0 saturated heterocycles. The number of nitrogens with one attached hydrogen (secondary N) is 1. The SMILES string of the molecule is O=C(COCC(F)(F)F)NC1CCC(Cl)CC1. The molecule has 0 unspecified atom stereocenters. The van der Waals surface area contributed by atoms with Crippen LogP contribution < -0.4 is 5.32 Å². The molecular weight excluding hydrogens is 259 g/mol. The Bertz CT molecular complexity index is 252. The topological polar surface area (TPSA) is 38.3 Å². The van der Waals surface area contributed by atoms with Gasteiger partial charge in [-0.2, -0.15) is 13.2 Å². The monoisotopic (exact) mass is 273 g/mol. The number of amides is 1. The Morgan fingerprint density at radius 3 is 2.41 bits per heavy atom. The normalized spacial score (nSPS) is 25.6. The van der Waals surface area contributed by atoms with Crippen LogP contribution >= 0.6 is 11.6 Å². The molecule has 3 nitrogen and oxygen atoms in total. The number of hydrogen-bond donors (Lipinski definition) is 1. The Balaban J connectivity index is 2.13. The van der Waals surface area contributed by atoms with Crippen LogP contribution in [0.4, 0.5) is 13.2 Å². The van der Waals surface area contributed by atoms with Gasteiger partial charge in [-0.1, -0.05) is 0 Å². The minimum atomic E-state index is -4.39. The Morgan fingerprint density at radius 1 is 1.29 bits per heavy atom. The van der Waals surface area contributed by atoms with Gasteiger partial charge in [0.1, 0.15) is 13.2 Å². The summed E-state index contributed by atoms with van der Waals surface area (Å²) >= 11 is 5.89. The quantitative estimate of drug-likeness (QED) is 0.798. The van der Waals surface area contributed by atoms with Gasteiger partial charge >= 0.3 is 6.18 Å². The van der Waals surface area contributed by atoms with Crippen molar-refractivity contribution in [1.82, 2.24) is 5.32 Å². The molecule has 0 aromatic rings. The molecule has 0 bridgehead atoms. The highest BCUT2D eigenvalue weighted by atomic mass is 35.5. The molecule has 0 atom stereocenters. The van der Waals surface area contributed by atoms with E-state index in [-0.39, 0.29) is 11.4 Å². The van der Waals surface area contributed by atoms with E-state index in [2.05, 4.69) is 10.1 Å². The zero-order chi connectivity index (χ0) is 12.9. The predicted octanol–water partition coefficient (Wildman–Crippen LogP) is 2.23. The number of alkyl halides is 4. The van der Waals surface area contributed by atoms with Gasteiger partial charge in [-0.05, 0) is 25.7 Å².